The molecule has 4 heteroatoms. The molecule has 0 saturated carbocycles. The van der Waals surface area contributed by atoms with E-state index in [-0.39, 0.29) is 18.2 Å². The summed E-state index contributed by atoms with van der Waals surface area (Å²) in [5, 5.41) is 0.776. The van der Waals surface area contributed by atoms with Crippen molar-refractivity contribution >= 4 is 15.9 Å². The Labute approximate surface area is 115 Å². The minimum Gasteiger partial charge on any atom is -0.293 e. The zero-order chi connectivity index (χ0) is 13.0. The monoisotopic (exact) mass is 317 g/mol. The maximum absolute atomic E-state index is 14.2. The van der Waals surface area contributed by atoms with Gasteiger partial charge in [-0.2, -0.15) is 8.78 Å². The molecule has 0 radical (unpaired) electrons. The average molecular weight is 318 g/mol. The minimum absolute atomic E-state index is 0.115. The minimum atomic E-state index is -2.76. The van der Waals surface area contributed by atoms with Gasteiger partial charge in [0.15, 0.2) is 0 Å². The van der Waals surface area contributed by atoms with Crippen LogP contribution in [0.4, 0.5) is 8.78 Å². The van der Waals surface area contributed by atoms with Gasteiger partial charge in [-0.3, -0.25) is 4.90 Å². The number of piperidine rings is 1. The molecule has 1 saturated heterocycles. The Bertz CT molecular complexity index is 369. The van der Waals surface area contributed by atoms with Gasteiger partial charge >= 0.3 is 0 Å². The smallest absolute Gasteiger partial charge is 0.285 e. The van der Waals surface area contributed by atoms with Crippen LogP contribution in [0.2, 0.25) is 0 Å². The third kappa shape index (κ3) is 3.29. The number of halogens is 3. The summed E-state index contributed by atoms with van der Waals surface area (Å²) >= 11 is 3.43. The molecule has 1 aromatic carbocycles. The lowest BCUT2D eigenvalue weighted by atomic mass is 10.0. The molecule has 1 aliphatic rings. The Balaban J connectivity index is 2.07. The lowest BCUT2D eigenvalue weighted by Gasteiger charge is -2.36. The van der Waals surface area contributed by atoms with Crippen LogP contribution in [0.25, 0.3) is 0 Å². The second-order valence-corrected chi connectivity index (χ2v) is 5.49. The third-order valence-corrected chi connectivity index (χ3v) is 4.27. The standard InChI is InChI=1S/C14H18BrF2N/c15-10-13-8-4-5-9-18(13)11-14(16,17)12-6-2-1-3-7-12/h1-3,6-7,13H,4-5,8-11H2. The molecule has 1 aliphatic heterocycles. The summed E-state index contributed by atoms with van der Waals surface area (Å²) in [5.74, 6) is -2.76. The summed E-state index contributed by atoms with van der Waals surface area (Å²) in [6.07, 6.45) is 3.17. The van der Waals surface area contributed by atoms with Gasteiger partial charge in [-0.25, -0.2) is 0 Å². The van der Waals surface area contributed by atoms with Crippen molar-refractivity contribution < 1.29 is 8.78 Å². The van der Waals surface area contributed by atoms with Crippen molar-refractivity contribution in [3.8, 4) is 0 Å². The highest BCUT2D eigenvalue weighted by Crippen LogP contribution is 2.31. The van der Waals surface area contributed by atoms with Crippen LogP contribution in [-0.4, -0.2) is 29.4 Å². The molecule has 1 atom stereocenters. The first kappa shape index (κ1) is 13.9. The lowest BCUT2D eigenvalue weighted by molar-refractivity contribution is -0.0514. The zero-order valence-corrected chi connectivity index (χ0v) is 11.9. The zero-order valence-electron chi connectivity index (χ0n) is 10.3. The van der Waals surface area contributed by atoms with Crippen molar-refractivity contribution in [3.63, 3.8) is 0 Å². The lowest BCUT2D eigenvalue weighted by Crippen LogP contribution is -2.45. The van der Waals surface area contributed by atoms with Gasteiger partial charge in [0.25, 0.3) is 5.92 Å². The van der Waals surface area contributed by atoms with Crippen molar-refractivity contribution in [2.45, 2.75) is 31.2 Å². The fourth-order valence-corrected chi connectivity index (χ4v) is 3.20. The van der Waals surface area contributed by atoms with Crippen LogP contribution in [-0.2, 0) is 5.92 Å². The Hall–Kier alpha value is -0.480. The van der Waals surface area contributed by atoms with Gasteiger partial charge in [0.05, 0.1) is 6.54 Å². The van der Waals surface area contributed by atoms with E-state index in [1.54, 1.807) is 18.2 Å². The largest absolute Gasteiger partial charge is 0.293 e. The topological polar surface area (TPSA) is 3.24 Å². The highest BCUT2D eigenvalue weighted by molar-refractivity contribution is 9.09. The second kappa shape index (κ2) is 6.11. The van der Waals surface area contributed by atoms with E-state index in [2.05, 4.69) is 15.9 Å². The van der Waals surface area contributed by atoms with E-state index in [4.69, 9.17) is 0 Å². The van der Waals surface area contributed by atoms with Crippen molar-refractivity contribution in [3.05, 3.63) is 35.9 Å². The molecule has 100 valence electrons. The Morgan fingerprint density at radius 1 is 1.22 bits per heavy atom. The SMILES string of the molecule is FC(F)(CN1CCCCC1CBr)c1ccccc1. The number of nitrogens with zero attached hydrogens (tertiary/aromatic N) is 1. The van der Waals surface area contributed by atoms with Crippen LogP contribution in [0.5, 0.6) is 0 Å². The van der Waals surface area contributed by atoms with E-state index in [1.165, 1.54) is 12.1 Å². The van der Waals surface area contributed by atoms with E-state index in [9.17, 15) is 8.78 Å². The molecule has 0 aliphatic carbocycles. The molecule has 0 spiro atoms. The molecule has 0 aromatic heterocycles. The second-order valence-electron chi connectivity index (χ2n) is 4.84. The molecule has 0 bridgehead atoms. The van der Waals surface area contributed by atoms with Crippen molar-refractivity contribution in [2.24, 2.45) is 0 Å². The average Bonchev–Trinajstić information content (AvgIpc) is 2.40. The number of benzene rings is 1. The van der Waals surface area contributed by atoms with E-state index in [0.717, 1.165) is 31.1 Å². The maximum Gasteiger partial charge on any atom is 0.285 e. The van der Waals surface area contributed by atoms with Crippen LogP contribution in [0.1, 0.15) is 24.8 Å². The van der Waals surface area contributed by atoms with Gasteiger partial charge < -0.3 is 0 Å². The number of rotatable bonds is 4. The summed E-state index contributed by atoms with van der Waals surface area (Å²) in [6.45, 7) is 0.603. The van der Waals surface area contributed by atoms with Crippen molar-refractivity contribution in [1.29, 1.82) is 0 Å². The molecule has 1 nitrogen and oxygen atoms in total. The first-order chi connectivity index (χ1) is 8.63. The number of hydrogen-bond donors (Lipinski definition) is 0. The highest BCUT2D eigenvalue weighted by Gasteiger charge is 2.36. The predicted octanol–water partition coefficient (Wildman–Crippen LogP) is 4.03. The molecule has 18 heavy (non-hydrogen) atoms. The molecule has 1 heterocycles. The maximum atomic E-state index is 14.2. The summed E-state index contributed by atoms with van der Waals surface area (Å²) in [4.78, 5) is 1.92. The van der Waals surface area contributed by atoms with Crippen LogP contribution in [0.15, 0.2) is 30.3 Å². The van der Waals surface area contributed by atoms with Gasteiger partial charge in [0, 0.05) is 16.9 Å². The molecule has 0 amide bonds. The first-order valence-corrected chi connectivity index (χ1v) is 7.49. The Morgan fingerprint density at radius 2 is 1.94 bits per heavy atom. The van der Waals surface area contributed by atoms with Gasteiger partial charge in [-0.15, -0.1) is 0 Å². The van der Waals surface area contributed by atoms with Crippen LogP contribution in [0.3, 0.4) is 0 Å². The summed E-state index contributed by atoms with van der Waals surface area (Å²) in [6, 6.07) is 8.36. The van der Waals surface area contributed by atoms with Gasteiger partial charge in [0.2, 0.25) is 0 Å². The van der Waals surface area contributed by atoms with Crippen molar-refractivity contribution in [2.75, 3.05) is 18.4 Å². The predicted molar refractivity (Wildman–Crippen MR) is 73.3 cm³/mol. The van der Waals surface area contributed by atoms with Crippen LogP contribution < -0.4 is 0 Å². The van der Waals surface area contributed by atoms with E-state index in [1.807, 2.05) is 4.90 Å². The number of alkyl halides is 3. The molecule has 2 rings (SSSR count). The molecule has 0 N–H and O–H groups in total. The van der Waals surface area contributed by atoms with Crippen molar-refractivity contribution in [1.82, 2.24) is 4.90 Å². The van der Waals surface area contributed by atoms with E-state index < -0.39 is 5.92 Å². The molecular formula is C14H18BrF2N. The van der Waals surface area contributed by atoms with Gasteiger partial charge in [-0.05, 0) is 19.4 Å². The summed E-state index contributed by atoms with van der Waals surface area (Å²) in [7, 11) is 0. The number of likely N-dealkylation sites (tertiary alicyclic amines) is 1. The van der Waals surface area contributed by atoms with E-state index in [0.29, 0.717) is 0 Å². The van der Waals surface area contributed by atoms with Crippen LogP contribution >= 0.6 is 15.9 Å². The molecule has 1 aromatic rings. The van der Waals surface area contributed by atoms with Gasteiger partial charge in [0.1, 0.15) is 0 Å². The van der Waals surface area contributed by atoms with Gasteiger partial charge in [-0.1, -0.05) is 52.7 Å². The highest BCUT2D eigenvalue weighted by atomic mass is 79.9. The van der Waals surface area contributed by atoms with Crippen LogP contribution in [0, 0.1) is 0 Å². The fraction of sp³-hybridized carbons (Fsp3) is 0.571. The fourth-order valence-electron chi connectivity index (χ4n) is 2.47. The Morgan fingerprint density at radius 3 is 2.61 bits per heavy atom. The number of hydrogen-bond acceptors (Lipinski definition) is 1. The quantitative estimate of drug-likeness (QED) is 0.758. The normalized spacial score (nSPS) is 22.1. The first-order valence-electron chi connectivity index (χ1n) is 6.37. The summed E-state index contributed by atoms with van der Waals surface area (Å²) in [5.41, 5.74) is 0.115. The summed E-state index contributed by atoms with van der Waals surface area (Å²) < 4.78 is 28.4. The third-order valence-electron chi connectivity index (χ3n) is 3.52. The molecule has 1 unspecified atom stereocenters. The Kier molecular flexibility index (Phi) is 4.73. The molecular weight excluding hydrogens is 300 g/mol. The molecule has 1 fully saturated rings. The van der Waals surface area contributed by atoms with E-state index >= 15 is 0 Å².